The van der Waals surface area contributed by atoms with Crippen molar-refractivity contribution < 1.29 is 4.79 Å². The van der Waals surface area contributed by atoms with Gasteiger partial charge in [-0.15, -0.1) is 0 Å². The number of anilines is 2. The summed E-state index contributed by atoms with van der Waals surface area (Å²) >= 11 is 3.40. The van der Waals surface area contributed by atoms with Crippen molar-refractivity contribution in [3.05, 3.63) is 64.1 Å². The van der Waals surface area contributed by atoms with Crippen molar-refractivity contribution in [1.29, 1.82) is 0 Å². The normalized spacial score (nSPS) is 10.7. The Morgan fingerprint density at radius 3 is 2.60 bits per heavy atom. The Bertz CT molecular complexity index is 628. The van der Waals surface area contributed by atoms with Crippen molar-refractivity contribution in [3.8, 4) is 0 Å². The number of nitrogens with one attached hydrogen (secondary N) is 1. The fourth-order valence-corrected chi connectivity index (χ4v) is 2.51. The van der Waals surface area contributed by atoms with Crippen LogP contribution in [0.3, 0.4) is 0 Å². The number of amides is 1. The molecule has 2 rings (SSSR count). The van der Waals surface area contributed by atoms with E-state index in [1.165, 1.54) is 6.08 Å². The Kier molecular flexibility index (Phi) is 4.58. The summed E-state index contributed by atoms with van der Waals surface area (Å²) in [6.45, 7) is 1.90. The van der Waals surface area contributed by atoms with Crippen molar-refractivity contribution >= 4 is 39.3 Å². The van der Waals surface area contributed by atoms with Gasteiger partial charge in [-0.05, 0) is 52.2 Å². The molecule has 0 heterocycles. The van der Waals surface area contributed by atoms with Crippen LogP contribution < -0.4 is 11.1 Å². The van der Waals surface area contributed by atoms with E-state index in [9.17, 15) is 4.79 Å². The molecule has 0 aromatic heterocycles. The number of benzene rings is 2. The lowest BCUT2D eigenvalue weighted by atomic mass is 10.1. The zero-order valence-corrected chi connectivity index (χ0v) is 12.6. The van der Waals surface area contributed by atoms with Gasteiger partial charge < -0.3 is 11.1 Å². The van der Waals surface area contributed by atoms with E-state index in [0.717, 1.165) is 21.3 Å². The Labute approximate surface area is 126 Å². The Morgan fingerprint density at radius 1 is 1.25 bits per heavy atom. The predicted octanol–water partition coefficient (Wildman–Crippen LogP) is 3.99. The molecule has 2 aromatic carbocycles. The minimum absolute atomic E-state index is 0.178. The van der Waals surface area contributed by atoms with Crippen LogP contribution in [0.25, 0.3) is 6.08 Å². The quantitative estimate of drug-likeness (QED) is 0.660. The molecular weight excluding hydrogens is 316 g/mol. The Morgan fingerprint density at radius 2 is 1.95 bits per heavy atom. The molecule has 2 aromatic rings. The van der Waals surface area contributed by atoms with Gasteiger partial charge in [-0.2, -0.15) is 0 Å². The lowest BCUT2D eigenvalue weighted by Crippen LogP contribution is -2.10. The highest BCUT2D eigenvalue weighted by Gasteiger charge is 2.07. The molecule has 3 nitrogen and oxygen atoms in total. The molecule has 0 fully saturated rings. The summed E-state index contributed by atoms with van der Waals surface area (Å²) in [5.41, 5.74) is 9.03. The van der Waals surface area contributed by atoms with Crippen molar-refractivity contribution in [3.63, 3.8) is 0 Å². The summed E-state index contributed by atoms with van der Waals surface area (Å²) in [6, 6.07) is 13.3. The first-order valence-electron chi connectivity index (χ1n) is 6.16. The van der Waals surface area contributed by atoms with Gasteiger partial charge in [0.25, 0.3) is 0 Å². The van der Waals surface area contributed by atoms with Crippen molar-refractivity contribution in [2.24, 2.45) is 0 Å². The van der Waals surface area contributed by atoms with Gasteiger partial charge in [0.1, 0.15) is 0 Å². The number of carbonyl (C=O) groups excluding carboxylic acids is 1. The maximum atomic E-state index is 11.9. The molecule has 0 bridgehead atoms. The number of rotatable bonds is 3. The second-order valence-corrected chi connectivity index (χ2v) is 5.28. The monoisotopic (exact) mass is 330 g/mol. The van der Waals surface area contributed by atoms with Crippen molar-refractivity contribution in [2.75, 3.05) is 11.1 Å². The Hall–Kier alpha value is -2.07. The third kappa shape index (κ3) is 3.71. The Balaban J connectivity index is 2.11. The largest absolute Gasteiger partial charge is 0.399 e. The second-order valence-electron chi connectivity index (χ2n) is 4.43. The van der Waals surface area contributed by atoms with Crippen LogP contribution >= 0.6 is 15.9 Å². The fraction of sp³-hybridized carbons (Fsp3) is 0.0625. The van der Waals surface area contributed by atoms with E-state index in [4.69, 9.17) is 5.73 Å². The summed E-state index contributed by atoms with van der Waals surface area (Å²) in [6.07, 6.45) is 3.29. The fourth-order valence-electron chi connectivity index (χ4n) is 1.83. The number of hydrogen-bond donors (Lipinski definition) is 2. The summed E-state index contributed by atoms with van der Waals surface area (Å²) in [5.74, 6) is -0.178. The van der Waals surface area contributed by atoms with E-state index in [2.05, 4.69) is 21.2 Å². The van der Waals surface area contributed by atoms with Crippen LogP contribution in [0.4, 0.5) is 11.4 Å². The van der Waals surface area contributed by atoms with Gasteiger partial charge in [0.2, 0.25) is 5.91 Å². The molecule has 0 unspecified atom stereocenters. The van der Waals surface area contributed by atoms with Gasteiger partial charge in [0, 0.05) is 16.2 Å². The number of carbonyl (C=O) groups is 1. The number of aryl methyl sites for hydroxylation is 1. The van der Waals surface area contributed by atoms with Crippen molar-refractivity contribution in [2.45, 2.75) is 6.92 Å². The zero-order chi connectivity index (χ0) is 14.5. The average Bonchev–Trinajstić information content (AvgIpc) is 2.42. The predicted molar refractivity (Wildman–Crippen MR) is 87.4 cm³/mol. The summed E-state index contributed by atoms with van der Waals surface area (Å²) in [4.78, 5) is 11.9. The first-order chi connectivity index (χ1) is 9.56. The van der Waals surface area contributed by atoms with E-state index in [-0.39, 0.29) is 5.91 Å². The van der Waals surface area contributed by atoms with Crippen LogP contribution in [-0.4, -0.2) is 5.91 Å². The van der Waals surface area contributed by atoms with Gasteiger partial charge in [0.15, 0.2) is 0 Å². The second kappa shape index (κ2) is 6.39. The molecule has 0 aliphatic carbocycles. The lowest BCUT2D eigenvalue weighted by Gasteiger charge is -2.10. The first kappa shape index (κ1) is 14.3. The molecule has 0 saturated carbocycles. The maximum absolute atomic E-state index is 11.9. The van der Waals surface area contributed by atoms with E-state index in [1.807, 2.05) is 43.3 Å². The standard InChI is InChI=1S/C16H15BrN2O/c1-11-9-13(18)10-14(17)16(11)19-15(20)8-7-12-5-3-2-4-6-12/h2-10H,18H2,1H3,(H,19,20)/b8-7+. The third-order valence-electron chi connectivity index (χ3n) is 2.78. The van der Waals surface area contributed by atoms with Crippen molar-refractivity contribution in [1.82, 2.24) is 0 Å². The zero-order valence-electron chi connectivity index (χ0n) is 11.1. The minimum Gasteiger partial charge on any atom is -0.399 e. The molecule has 0 aliphatic heterocycles. The van der Waals surface area contributed by atoms with Crippen LogP contribution in [0.1, 0.15) is 11.1 Å². The molecule has 0 atom stereocenters. The molecular formula is C16H15BrN2O. The van der Waals surface area contributed by atoms with Gasteiger partial charge in [0.05, 0.1) is 5.69 Å². The molecule has 3 N–H and O–H groups in total. The van der Waals surface area contributed by atoms with Gasteiger partial charge in [-0.3, -0.25) is 4.79 Å². The molecule has 102 valence electrons. The van der Waals surface area contributed by atoms with Crippen LogP contribution in [0, 0.1) is 6.92 Å². The highest BCUT2D eigenvalue weighted by atomic mass is 79.9. The van der Waals surface area contributed by atoms with Crippen LogP contribution in [0.5, 0.6) is 0 Å². The molecule has 0 spiro atoms. The van der Waals surface area contributed by atoms with E-state index >= 15 is 0 Å². The summed E-state index contributed by atoms with van der Waals surface area (Å²) in [7, 11) is 0. The number of hydrogen-bond acceptors (Lipinski definition) is 2. The molecule has 1 amide bonds. The molecule has 0 radical (unpaired) electrons. The molecule has 20 heavy (non-hydrogen) atoms. The molecule has 4 heteroatoms. The number of halogens is 1. The average molecular weight is 331 g/mol. The van der Waals surface area contributed by atoms with Crippen LogP contribution in [-0.2, 0) is 4.79 Å². The maximum Gasteiger partial charge on any atom is 0.248 e. The van der Waals surface area contributed by atoms with E-state index < -0.39 is 0 Å². The first-order valence-corrected chi connectivity index (χ1v) is 6.95. The smallest absolute Gasteiger partial charge is 0.248 e. The highest BCUT2D eigenvalue weighted by Crippen LogP contribution is 2.28. The lowest BCUT2D eigenvalue weighted by molar-refractivity contribution is -0.111. The van der Waals surface area contributed by atoms with Gasteiger partial charge in [-0.25, -0.2) is 0 Å². The van der Waals surface area contributed by atoms with E-state index in [0.29, 0.717) is 5.69 Å². The van der Waals surface area contributed by atoms with Crippen LogP contribution in [0.2, 0.25) is 0 Å². The molecule has 0 aliphatic rings. The topological polar surface area (TPSA) is 55.1 Å². The summed E-state index contributed by atoms with van der Waals surface area (Å²) < 4.78 is 0.775. The highest BCUT2D eigenvalue weighted by molar-refractivity contribution is 9.10. The SMILES string of the molecule is Cc1cc(N)cc(Br)c1NC(=O)/C=C/c1ccccc1. The number of nitrogen functional groups attached to an aromatic ring is 1. The number of nitrogens with two attached hydrogens (primary N) is 1. The minimum atomic E-state index is -0.178. The van der Waals surface area contributed by atoms with E-state index in [1.54, 1.807) is 12.1 Å². The molecule has 0 saturated heterocycles. The van der Waals surface area contributed by atoms with Crippen LogP contribution in [0.15, 0.2) is 53.0 Å². The summed E-state index contributed by atoms with van der Waals surface area (Å²) in [5, 5.41) is 2.85. The third-order valence-corrected chi connectivity index (χ3v) is 3.41. The van der Waals surface area contributed by atoms with Gasteiger partial charge >= 0.3 is 0 Å². The van der Waals surface area contributed by atoms with Gasteiger partial charge in [-0.1, -0.05) is 30.3 Å².